The molecule has 2 aromatic rings. The summed E-state index contributed by atoms with van der Waals surface area (Å²) >= 11 is 1.41. The molecule has 1 atom stereocenters. The van der Waals surface area contributed by atoms with Crippen LogP contribution in [-0.4, -0.2) is 22.2 Å². The number of para-hydroxylation sites is 1. The zero-order valence-corrected chi connectivity index (χ0v) is 18.8. The van der Waals surface area contributed by atoms with E-state index in [1.54, 1.807) is 12.1 Å². The Kier molecular flexibility index (Phi) is 5.56. The summed E-state index contributed by atoms with van der Waals surface area (Å²) in [6.45, 7) is 12.4. The smallest absolute Gasteiger partial charge is 0.247 e. The number of phenols is 1. The molecule has 1 aliphatic rings. The first-order chi connectivity index (χ1) is 13.4. The first kappa shape index (κ1) is 21.4. The second-order valence-corrected chi connectivity index (χ2v) is 10.9. The lowest BCUT2D eigenvalue weighted by Crippen LogP contribution is -2.31. The summed E-state index contributed by atoms with van der Waals surface area (Å²) in [4.78, 5) is 27.7. The van der Waals surface area contributed by atoms with Crippen molar-refractivity contribution in [2.75, 3.05) is 4.90 Å². The van der Waals surface area contributed by atoms with Gasteiger partial charge in [-0.15, -0.1) is 11.8 Å². The monoisotopic (exact) mass is 411 g/mol. The molecular formula is C24H29NO3S. The predicted molar refractivity (Wildman–Crippen MR) is 119 cm³/mol. The molecule has 0 radical (unpaired) electrons. The third kappa shape index (κ3) is 4.35. The fourth-order valence-corrected chi connectivity index (χ4v) is 4.66. The minimum Gasteiger partial charge on any atom is -0.507 e. The number of carbonyl (C=O) groups excluding carboxylic acids is 2. The van der Waals surface area contributed by atoms with Crippen LogP contribution in [0.1, 0.15) is 59.1 Å². The maximum absolute atomic E-state index is 13.0. The summed E-state index contributed by atoms with van der Waals surface area (Å²) < 4.78 is 0. The SMILES string of the molecule is CC(C)(C)c1cc(SC2CC(=O)N(c3ccccc3)C2=O)cc(C(C)(C)C)c1O. The number of rotatable bonds is 3. The van der Waals surface area contributed by atoms with E-state index in [1.165, 1.54) is 16.7 Å². The highest BCUT2D eigenvalue weighted by Gasteiger charge is 2.40. The molecule has 1 aliphatic heterocycles. The molecule has 0 spiro atoms. The van der Waals surface area contributed by atoms with Crippen molar-refractivity contribution < 1.29 is 14.7 Å². The van der Waals surface area contributed by atoms with Crippen molar-refractivity contribution in [3.05, 3.63) is 53.6 Å². The molecular weight excluding hydrogens is 382 g/mol. The fourth-order valence-electron chi connectivity index (χ4n) is 3.53. The summed E-state index contributed by atoms with van der Waals surface area (Å²) in [5, 5.41) is 10.4. The van der Waals surface area contributed by atoms with Crippen molar-refractivity contribution in [2.45, 2.75) is 68.9 Å². The van der Waals surface area contributed by atoms with Gasteiger partial charge in [0.15, 0.2) is 0 Å². The number of hydrogen-bond donors (Lipinski definition) is 1. The number of phenolic OH excluding ortho intramolecular Hbond substituents is 1. The lowest BCUT2D eigenvalue weighted by molar-refractivity contribution is -0.121. The molecule has 154 valence electrons. The van der Waals surface area contributed by atoms with Crippen molar-refractivity contribution >= 4 is 29.3 Å². The molecule has 0 saturated carbocycles. The van der Waals surface area contributed by atoms with Crippen LogP contribution in [0.5, 0.6) is 5.75 Å². The number of hydrogen-bond acceptors (Lipinski definition) is 4. The van der Waals surface area contributed by atoms with Gasteiger partial charge < -0.3 is 5.11 Å². The molecule has 3 rings (SSSR count). The first-order valence-electron chi connectivity index (χ1n) is 9.86. The molecule has 4 nitrogen and oxygen atoms in total. The maximum atomic E-state index is 13.0. The van der Waals surface area contributed by atoms with Crippen LogP contribution < -0.4 is 4.90 Å². The van der Waals surface area contributed by atoms with Crippen LogP contribution in [-0.2, 0) is 20.4 Å². The molecule has 5 heteroatoms. The molecule has 2 amide bonds. The van der Waals surface area contributed by atoms with Gasteiger partial charge in [-0.1, -0.05) is 59.7 Å². The summed E-state index contributed by atoms with van der Waals surface area (Å²) in [7, 11) is 0. The zero-order chi connectivity index (χ0) is 21.6. The summed E-state index contributed by atoms with van der Waals surface area (Å²) in [6.07, 6.45) is 0.176. The van der Waals surface area contributed by atoms with Crippen LogP contribution in [0.3, 0.4) is 0 Å². The normalized spacial score (nSPS) is 17.9. The number of amides is 2. The van der Waals surface area contributed by atoms with Gasteiger partial charge >= 0.3 is 0 Å². The van der Waals surface area contributed by atoms with Crippen molar-refractivity contribution in [1.29, 1.82) is 0 Å². The number of aromatic hydroxyl groups is 1. The molecule has 1 unspecified atom stereocenters. The molecule has 2 aromatic carbocycles. The average Bonchev–Trinajstić information content (AvgIpc) is 2.88. The molecule has 0 bridgehead atoms. The lowest BCUT2D eigenvalue weighted by atomic mass is 9.79. The largest absolute Gasteiger partial charge is 0.507 e. The van der Waals surface area contributed by atoms with E-state index in [2.05, 4.69) is 41.5 Å². The van der Waals surface area contributed by atoms with E-state index in [9.17, 15) is 14.7 Å². The zero-order valence-electron chi connectivity index (χ0n) is 17.9. The highest BCUT2D eigenvalue weighted by molar-refractivity contribution is 8.00. The molecule has 1 fully saturated rings. The predicted octanol–water partition coefficient (Wildman–Crippen LogP) is 5.41. The highest BCUT2D eigenvalue weighted by Crippen LogP contribution is 2.43. The minimum absolute atomic E-state index is 0.176. The molecule has 29 heavy (non-hydrogen) atoms. The summed E-state index contributed by atoms with van der Waals surface area (Å²) in [5.41, 5.74) is 1.83. The van der Waals surface area contributed by atoms with Gasteiger partial charge in [0.05, 0.1) is 10.9 Å². The van der Waals surface area contributed by atoms with Gasteiger partial charge in [0, 0.05) is 22.4 Å². The Morgan fingerprint density at radius 2 is 1.45 bits per heavy atom. The third-order valence-corrected chi connectivity index (χ3v) is 6.26. The average molecular weight is 412 g/mol. The number of benzene rings is 2. The van der Waals surface area contributed by atoms with Crippen molar-refractivity contribution in [1.82, 2.24) is 0 Å². The van der Waals surface area contributed by atoms with Gasteiger partial charge in [0.1, 0.15) is 5.75 Å². The Morgan fingerprint density at radius 3 is 1.93 bits per heavy atom. The Hall–Kier alpha value is -2.27. The third-order valence-electron chi connectivity index (χ3n) is 5.10. The van der Waals surface area contributed by atoms with Crippen LogP contribution in [0, 0.1) is 0 Å². The van der Waals surface area contributed by atoms with Crippen LogP contribution in [0.25, 0.3) is 0 Å². The number of thioether (sulfide) groups is 1. The quantitative estimate of drug-likeness (QED) is 0.686. The van der Waals surface area contributed by atoms with Crippen LogP contribution >= 0.6 is 11.8 Å². The van der Waals surface area contributed by atoms with E-state index in [1.807, 2.05) is 30.3 Å². The minimum atomic E-state index is -0.465. The van der Waals surface area contributed by atoms with E-state index >= 15 is 0 Å². The lowest BCUT2D eigenvalue weighted by Gasteiger charge is -2.28. The topological polar surface area (TPSA) is 57.6 Å². The molecule has 0 aromatic heterocycles. The number of nitrogens with zero attached hydrogens (tertiary/aromatic N) is 1. The Labute approximate surface area is 177 Å². The van der Waals surface area contributed by atoms with Gasteiger partial charge in [-0.05, 0) is 35.1 Å². The summed E-state index contributed by atoms with van der Waals surface area (Å²) in [6, 6.07) is 13.0. The number of carbonyl (C=O) groups is 2. The highest BCUT2D eigenvalue weighted by atomic mass is 32.2. The van der Waals surface area contributed by atoms with E-state index < -0.39 is 5.25 Å². The Balaban J connectivity index is 1.96. The van der Waals surface area contributed by atoms with Gasteiger partial charge in [0.2, 0.25) is 11.8 Å². The van der Waals surface area contributed by atoms with Gasteiger partial charge in [-0.2, -0.15) is 0 Å². The molecule has 1 heterocycles. The Morgan fingerprint density at radius 1 is 0.931 bits per heavy atom. The van der Waals surface area contributed by atoms with Crippen molar-refractivity contribution in [3.63, 3.8) is 0 Å². The van der Waals surface area contributed by atoms with Gasteiger partial charge in [-0.25, -0.2) is 4.90 Å². The van der Waals surface area contributed by atoms with Gasteiger partial charge in [-0.3, -0.25) is 9.59 Å². The number of anilines is 1. The van der Waals surface area contributed by atoms with Crippen LogP contribution in [0.2, 0.25) is 0 Å². The fraction of sp³-hybridized carbons (Fsp3) is 0.417. The Bertz CT molecular complexity index is 904. The standard InChI is InChI=1S/C24H29NO3S/c1-23(2,3)17-12-16(13-18(21(17)27)24(4,5)6)29-19-14-20(26)25(22(19)28)15-10-8-7-9-11-15/h7-13,19,27H,14H2,1-6H3. The van der Waals surface area contributed by atoms with Crippen molar-refractivity contribution in [2.24, 2.45) is 0 Å². The molecule has 1 N–H and O–H groups in total. The van der Waals surface area contributed by atoms with Crippen LogP contribution in [0.15, 0.2) is 47.4 Å². The second-order valence-electron chi connectivity index (χ2n) is 9.58. The van der Waals surface area contributed by atoms with E-state index in [0.29, 0.717) is 11.4 Å². The second kappa shape index (κ2) is 7.52. The van der Waals surface area contributed by atoms with Crippen LogP contribution in [0.4, 0.5) is 5.69 Å². The van der Waals surface area contributed by atoms with E-state index in [0.717, 1.165) is 16.0 Å². The van der Waals surface area contributed by atoms with Gasteiger partial charge in [0.25, 0.3) is 0 Å². The van der Waals surface area contributed by atoms with Crippen molar-refractivity contribution in [3.8, 4) is 5.75 Å². The maximum Gasteiger partial charge on any atom is 0.247 e. The first-order valence-corrected chi connectivity index (χ1v) is 10.7. The molecule has 1 saturated heterocycles. The summed E-state index contributed by atoms with van der Waals surface area (Å²) in [5.74, 6) is -0.0486. The van der Waals surface area contributed by atoms with E-state index in [-0.39, 0.29) is 29.1 Å². The number of imide groups is 1. The molecule has 0 aliphatic carbocycles. The van der Waals surface area contributed by atoms with E-state index in [4.69, 9.17) is 0 Å².